The maximum atomic E-state index is 5.79. The van der Waals surface area contributed by atoms with Gasteiger partial charge < -0.3 is 10.2 Å². The molecule has 2 nitrogen and oxygen atoms in total. The predicted octanol–water partition coefficient (Wildman–Crippen LogP) is 2.25. The molecular formula is C9H13NO. The van der Waals surface area contributed by atoms with E-state index in [-0.39, 0.29) is 6.04 Å². The molecule has 0 bridgehead atoms. The zero-order valence-corrected chi connectivity index (χ0v) is 6.71. The second-order valence-electron chi connectivity index (χ2n) is 2.78. The SMILES string of the molecule is C=C(C)CC(N)c1ccco1. The van der Waals surface area contributed by atoms with Crippen LogP contribution in [0, 0.1) is 0 Å². The summed E-state index contributed by atoms with van der Waals surface area (Å²) < 4.78 is 5.13. The van der Waals surface area contributed by atoms with Crippen molar-refractivity contribution in [3.63, 3.8) is 0 Å². The molecule has 1 atom stereocenters. The molecule has 1 rings (SSSR count). The number of nitrogens with two attached hydrogens (primary N) is 1. The van der Waals surface area contributed by atoms with E-state index in [2.05, 4.69) is 6.58 Å². The minimum absolute atomic E-state index is 0.0394. The van der Waals surface area contributed by atoms with E-state index < -0.39 is 0 Å². The Hall–Kier alpha value is -1.02. The molecule has 0 radical (unpaired) electrons. The van der Waals surface area contributed by atoms with Gasteiger partial charge in [0.25, 0.3) is 0 Å². The van der Waals surface area contributed by atoms with Crippen molar-refractivity contribution >= 4 is 0 Å². The first-order valence-corrected chi connectivity index (χ1v) is 3.63. The first-order valence-electron chi connectivity index (χ1n) is 3.63. The zero-order chi connectivity index (χ0) is 8.27. The Labute approximate surface area is 66.7 Å². The molecule has 0 aliphatic heterocycles. The Morgan fingerprint density at radius 3 is 3.00 bits per heavy atom. The van der Waals surface area contributed by atoms with Gasteiger partial charge in [-0.05, 0) is 25.5 Å². The van der Waals surface area contributed by atoms with Gasteiger partial charge >= 0.3 is 0 Å². The average molecular weight is 151 g/mol. The first kappa shape index (κ1) is 8.08. The van der Waals surface area contributed by atoms with Crippen LogP contribution in [0.15, 0.2) is 35.0 Å². The van der Waals surface area contributed by atoms with Crippen LogP contribution in [0.2, 0.25) is 0 Å². The lowest BCUT2D eigenvalue weighted by molar-refractivity contribution is 0.464. The Balaban J connectivity index is 2.56. The minimum atomic E-state index is -0.0394. The van der Waals surface area contributed by atoms with Crippen LogP contribution >= 0.6 is 0 Å². The lowest BCUT2D eigenvalue weighted by atomic mass is 10.1. The second kappa shape index (κ2) is 3.39. The Bertz CT molecular complexity index is 226. The zero-order valence-electron chi connectivity index (χ0n) is 6.71. The molecule has 0 aliphatic rings. The molecule has 1 heterocycles. The van der Waals surface area contributed by atoms with Gasteiger partial charge in [0.05, 0.1) is 12.3 Å². The van der Waals surface area contributed by atoms with Crippen LogP contribution in [0.3, 0.4) is 0 Å². The van der Waals surface area contributed by atoms with E-state index in [1.54, 1.807) is 6.26 Å². The van der Waals surface area contributed by atoms with Crippen LogP contribution in [-0.2, 0) is 0 Å². The summed E-state index contributed by atoms with van der Waals surface area (Å²) in [6, 6.07) is 3.68. The highest BCUT2D eigenvalue weighted by Gasteiger charge is 2.07. The molecule has 2 N–H and O–H groups in total. The number of hydrogen-bond donors (Lipinski definition) is 1. The molecule has 1 aromatic rings. The van der Waals surface area contributed by atoms with E-state index in [1.165, 1.54) is 0 Å². The molecule has 0 spiro atoms. The first-order chi connectivity index (χ1) is 5.20. The topological polar surface area (TPSA) is 39.2 Å². The summed E-state index contributed by atoms with van der Waals surface area (Å²) in [5.41, 5.74) is 6.86. The van der Waals surface area contributed by atoms with Crippen LogP contribution in [-0.4, -0.2) is 0 Å². The van der Waals surface area contributed by atoms with Crippen LogP contribution in [0.1, 0.15) is 25.1 Å². The fourth-order valence-corrected chi connectivity index (χ4v) is 0.978. The van der Waals surface area contributed by atoms with E-state index in [4.69, 9.17) is 10.2 Å². The Morgan fingerprint density at radius 2 is 2.55 bits per heavy atom. The fraction of sp³-hybridized carbons (Fsp3) is 0.333. The average Bonchev–Trinajstić information content (AvgIpc) is 2.35. The van der Waals surface area contributed by atoms with Crippen molar-refractivity contribution in [2.75, 3.05) is 0 Å². The second-order valence-corrected chi connectivity index (χ2v) is 2.78. The van der Waals surface area contributed by atoms with Gasteiger partial charge in [-0.25, -0.2) is 0 Å². The number of furan rings is 1. The van der Waals surface area contributed by atoms with Gasteiger partial charge in [-0.1, -0.05) is 5.57 Å². The molecule has 60 valence electrons. The molecule has 0 aliphatic carbocycles. The predicted molar refractivity (Wildman–Crippen MR) is 45.1 cm³/mol. The monoisotopic (exact) mass is 151 g/mol. The largest absolute Gasteiger partial charge is 0.468 e. The highest BCUT2D eigenvalue weighted by Crippen LogP contribution is 2.17. The summed E-state index contributed by atoms with van der Waals surface area (Å²) in [6.07, 6.45) is 2.42. The third kappa shape index (κ3) is 2.24. The Morgan fingerprint density at radius 1 is 1.82 bits per heavy atom. The van der Waals surface area contributed by atoms with Gasteiger partial charge in [-0.15, -0.1) is 6.58 Å². The van der Waals surface area contributed by atoms with E-state index in [0.29, 0.717) is 0 Å². The van der Waals surface area contributed by atoms with Crippen LogP contribution < -0.4 is 5.73 Å². The standard InChI is InChI=1S/C9H13NO/c1-7(2)6-8(10)9-4-3-5-11-9/h3-5,8H,1,6,10H2,2H3. The van der Waals surface area contributed by atoms with Gasteiger partial charge in [-0.2, -0.15) is 0 Å². The lowest BCUT2D eigenvalue weighted by Crippen LogP contribution is -2.08. The molecular weight excluding hydrogens is 138 g/mol. The molecule has 0 fully saturated rings. The summed E-state index contributed by atoms with van der Waals surface area (Å²) in [4.78, 5) is 0. The van der Waals surface area contributed by atoms with Crippen LogP contribution in [0.5, 0.6) is 0 Å². The third-order valence-corrected chi connectivity index (χ3v) is 1.48. The quantitative estimate of drug-likeness (QED) is 0.673. The number of hydrogen-bond acceptors (Lipinski definition) is 2. The molecule has 0 saturated heterocycles. The summed E-state index contributed by atoms with van der Waals surface area (Å²) in [7, 11) is 0. The van der Waals surface area contributed by atoms with Crippen molar-refractivity contribution in [1.29, 1.82) is 0 Å². The summed E-state index contributed by atoms with van der Waals surface area (Å²) in [5, 5.41) is 0. The summed E-state index contributed by atoms with van der Waals surface area (Å²) >= 11 is 0. The maximum Gasteiger partial charge on any atom is 0.120 e. The van der Waals surface area contributed by atoms with Gasteiger partial charge in [-0.3, -0.25) is 0 Å². The van der Waals surface area contributed by atoms with Crippen LogP contribution in [0.25, 0.3) is 0 Å². The number of rotatable bonds is 3. The summed E-state index contributed by atoms with van der Waals surface area (Å²) in [6.45, 7) is 5.74. The fourth-order valence-electron chi connectivity index (χ4n) is 0.978. The molecule has 1 aromatic heterocycles. The van der Waals surface area contributed by atoms with Crippen molar-refractivity contribution in [2.24, 2.45) is 5.73 Å². The molecule has 0 aromatic carbocycles. The van der Waals surface area contributed by atoms with E-state index >= 15 is 0 Å². The highest BCUT2D eigenvalue weighted by atomic mass is 16.3. The summed E-state index contributed by atoms with van der Waals surface area (Å²) in [5.74, 6) is 0.827. The smallest absolute Gasteiger partial charge is 0.120 e. The van der Waals surface area contributed by atoms with Crippen molar-refractivity contribution in [2.45, 2.75) is 19.4 Å². The molecule has 0 amide bonds. The third-order valence-electron chi connectivity index (χ3n) is 1.48. The lowest BCUT2D eigenvalue weighted by Gasteiger charge is -2.06. The minimum Gasteiger partial charge on any atom is -0.468 e. The molecule has 0 saturated carbocycles. The van der Waals surface area contributed by atoms with E-state index in [9.17, 15) is 0 Å². The van der Waals surface area contributed by atoms with Crippen molar-refractivity contribution in [1.82, 2.24) is 0 Å². The van der Waals surface area contributed by atoms with Gasteiger partial charge in [0.2, 0.25) is 0 Å². The maximum absolute atomic E-state index is 5.79. The van der Waals surface area contributed by atoms with Crippen molar-refractivity contribution in [3.8, 4) is 0 Å². The van der Waals surface area contributed by atoms with Crippen LogP contribution in [0.4, 0.5) is 0 Å². The van der Waals surface area contributed by atoms with Crippen molar-refractivity contribution < 1.29 is 4.42 Å². The normalized spacial score (nSPS) is 12.9. The van der Waals surface area contributed by atoms with E-state index in [1.807, 2.05) is 19.1 Å². The Kier molecular flexibility index (Phi) is 2.49. The van der Waals surface area contributed by atoms with E-state index in [0.717, 1.165) is 17.8 Å². The van der Waals surface area contributed by atoms with Gasteiger partial charge in [0.15, 0.2) is 0 Å². The van der Waals surface area contributed by atoms with Crippen molar-refractivity contribution in [3.05, 3.63) is 36.3 Å². The molecule has 11 heavy (non-hydrogen) atoms. The van der Waals surface area contributed by atoms with Gasteiger partial charge in [0.1, 0.15) is 5.76 Å². The van der Waals surface area contributed by atoms with Gasteiger partial charge in [0, 0.05) is 0 Å². The molecule has 2 heteroatoms. The molecule has 1 unspecified atom stereocenters. The highest BCUT2D eigenvalue weighted by molar-refractivity contribution is 5.07.